The summed E-state index contributed by atoms with van der Waals surface area (Å²) in [5.41, 5.74) is 2.84. The van der Waals surface area contributed by atoms with Crippen molar-refractivity contribution in [1.82, 2.24) is 0 Å². The van der Waals surface area contributed by atoms with E-state index >= 15 is 0 Å². The normalized spacial score (nSPS) is 56.5. The van der Waals surface area contributed by atoms with E-state index in [1.165, 1.54) is 25.7 Å². The van der Waals surface area contributed by atoms with Crippen LogP contribution in [0.15, 0.2) is 4.99 Å². The van der Waals surface area contributed by atoms with Gasteiger partial charge in [0, 0.05) is 16.5 Å². The van der Waals surface area contributed by atoms with E-state index in [1.807, 2.05) is 0 Å². The molecule has 1 nitrogen and oxygen atoms in total. The SMILES string of the molecule is CCCC12CC1=NC1CC12C. The molecule has 0 aromatic rings. The van der Waals surface area contributed by atoms with Gasteiger partial charge in [-0.15, -0.1) is 0 Å². The van der Waals surface area contributed by atoms with E-state index in [2.05, 4.69) is 13.8 Å². The second-order valence-electron chi connectivity index (χ2n) is 4.72. The van der Waals surface area contributed by atoms with Crippen LogP contribution in [-0.4, -0.2) is 11.8 Å². The van der Waals surface area contributed by atoms with Gasteiger partial charge in [0.25, 0.3) is 0 Å². The Morgan fingerprint density at radius 1 is 1.64 bits per heavy atom. The van der Waals surface area contributed by atoms with Crippen LogP contribution in [0.4, 0.5) is 0 Å². The fourth-order valence-corrected chi connectivity index (χ4v) is 3.12. The van der Waals surface area contributed by atoms with Crippen LogP contribution in [0.25, 0.3) is 0 Å². The molecule has 1 aliphatic heterocycles. The van der Waals surface area contributed by atoms with Gasteiger partial charge in [-0.2, -0.15) is 0 Å². The molecule has 3 atom stereocenters. The Labute approximate surface area is 67.9 Å². The fraction of sp³-hybridized carbons (Fsp3) is 0.900. The van der Waals surface area contributed by atoms with Crippen LogP contribution in [0.2, 0.25) is 0 Å². The van der Waals surface area contributed by atoms with E-state index in [0.717, 1.165) is 6.04 Å². The fourth-order valence-electron chi connectivity index (χ4n) is 3.12. The van der Waals surface area contributed by atoms with Gasteiger partial charge in [0.2, 0.25) is 0 Å². The lowest BCUT2D eigenvalue weighted by Crippen LogP contribution is -2.16. The Morgan fingerprint density at radius 3 is 3.00 bits per heavy atom. The third-order valence-corrected chi connectivity index (χ3v) is 4.17. The van der Waals surface area contributed by atoms with Crippen molar-refractivity contribution < 1.29 is 0 Å². The van der Waals surface area contributed by atoms with Gasteiger partial charge >= 0.3 is 0 Å². The largest absolute Gasteiger partial charge is 0.290 e. The van der Waals surface area contributed by atoms with E-state index in [4.69, 9.17) is 4.99 Å². The molecule has 0 aromatic carbocycles. The van der Waals surface area contributed by atoms with Gasteiger partial charge in [-0.05, 0) is 19.3 Å². The first-order chi connectivity index (χ1) is 5.23. The number of fused-ring (bicyclic) bond motifs is 3. The average Bonchev–Trinajstić information content (AvgIpc) is 2.77. The van der Waals surface area contributed by atoms with E-state index in [0.29, 0.717) is 10.8 Å². The van der Waals surface area contributed by atoms with Crippen molar-refractivity contribution in [1.29, 1.82) is 0 Å². The first kappa shape index (κ1) is 6.22. The van der Waals surface area contributed by atoms with Crippen molar-refractivity contribution in [2.24, 2.45) is 15.8 Å². The minimum atomic E-state index is 0.631. The molecule has 2 fully saturated rings. The Bertz CT molecular complexity index is 256. The molecular formula is C10H15N. The number of hydrogen-bond donors (Lipinski definition) is 0. The highest BCUT2D eigenvalue weighted by Gasteiger charge is 2.76. The molecular weight excluding hydrogens is 134 g/mol. The van der Waals surface area contributed by atoms with Crippen LogP contribution in [0, 0.1) is 10.8 Å². The molecule has 0 N–H and O–H groups in total. The minimum absolute atomic E-state index is 0.631. The van der Waals surface area contributed by atoms with E-state index in [-0.39, 0.29) is 0 Å². The molecule has 1 heteroatoms. The molecule has 0 aromatic heterocycles. The van der Waals surface area contributed by atoms with Crippen LogP contribution in [-0.2, 0) is 0 Å². The summed E-state index contributed by atoms with van der Waals surface area (Å²) < 4.78 is 0. The molecule has 0 amide bonds. The van der Waals surface area contributed by atoms with E-state index in [1.54, 1.807) is 5.71 Å². The standard InChI is InChI=1S/C10H15N/c1-3-4-10-6-8(10)11-7-5-9(7,10)2/h7H,3-6H2,1-2H3. The maximum Gasteiger partial charge on any atom is 0.0569 e. The van der Waals surface area contributed by atoms with Gasteiger partial charge in [-0.3, -0.25) is 4.99 Å². The highest BCUT2D eigenvalue weighted by atomic mass is 15.1. The summed E-state index contributed by atoms with van der Waals surface area (Å²) in [7, 11) is 0. The quantitative estimate of drug-likeness (QED) is 0.571. The Balaban J connectivity index is 1.96. The predicted molar refractivity (Wildman–Crippen MR) is 45.9 cm³/mol. The van der Waals surface area contributed by atoms with Crippen LogP contribution < -0.4 is 0 Å². The highest BCUT2D eigenvalue weighted by molar-refractivity contribution is 6.09. The van der Waals surface area contributed by atoms with Crippen molar-refractivity contribution in [3.8, 4) is 0 Å². The van der Waals surface area contributed by atoms with Crippen LogP contribution in [0.5, 0.6) is 0 Å². The number of rotatable bonds is 2. The van der Waals surface area contributed by atoms with Crippen LogP contribution in [0.1, 0.15) is 39.5 Å². The molecule has 1 heterocycles. The Kier molecular flexibility index (Phi) is 0.799. The maximum atomic E-state index is 4.72. The average molecular weight is 149 g/mol. The second-order valence-corrected chi connectivity index (χ2v) is 4.72. The van der Waals surface area contributed by atoms with E-state index in [9.17, 15) is 0 Å². The monoisotopic (exact) mass is 149 g/mol. The smallest absolute Gasteiger partial charge is 0.0569 e. The van der Waals surface area contributed by atoms with Crippen molar-refractivity contribution in [2.75, 3.05) is 0 Å². The third-order valence-electron chi connectivity index (χ3n) is 4.17. The van der Waals surface area contributed by atoms with Crippen LogP contribution >= 0.6 is 0 Å². The predicted octanol–water partition coefficient (Wildman–Crippen LogP) is 2.41. The van der Waals surface area contributed by atoms with Gasteiger partial charge in [0.1, 0.15) is 0 Å². The van der Waals surface area contributed by atoms with Gasteiger partial charge in [0.15, 0.2) is 0 Å². The summed E-state index contributed by atoms with van der Waals surface area (Å²) in [6.07, 6.45) is 5.46. The molecule has 0 bridgehead atoms. The summed E-state index contributed by atoms with van der Waals surface area (Å²) in [6.45, 7) is 4.74. The summed E-state index contributed by atoms with van der Waals surface area (Å²) in [5, 5.41) is 0. The molecule has 0 spiro atoms. The minimum Gasteiger partial charge on any atom is -0.290 e. The molecule has 0 radical (unpaired) electrons. The molecule has 60 valence electrons. The summed E-state index contributed by atoms with van der Waals surface area (Å²) >= 11 is 0. The number of aliphatic imine (C=N–C) groups is 1. The molecule has 11 heavy (non-hydrogen) atoms. The molecule has 3 aliphatic rings. The Morgan fingerprint density at radius 2 is 2.45 bits per heavy atom. The zero-order valence-corrected chi connectivity index (χ0v) is 7.35. The summed E-state index contributed by atoms with van der Waals surface area (Å²) in [4.78, 5) is 4.72. The van der Waals surface area contributed by atoms with Gasteiger partial charge in [-0.1, -0.05) is 20.3 Å². The van der Waals surface area contributed by atoms with Gasteiger partial charge < -0.3 is 0 Å². The third kappa shape index (κ3) is 0.473. The summed E-state index contributed by atoms with van der Waals surface area (Å²) in [5.74, 6) is 0. The molecule has 2 aliphatic carbocycles. The second kappa shape index (κ2) is 1.41. The zero-order chi connectivity index (χ0) is 7.69. The van der Waals surface area contributed by atoms with Gasteiger partial charge in [0.05, 0.1) is 6.04 Å². The molecule has 3 rings (SSSR count). The number of nitrogens with zero attached hydrogens (tertiary/aromatic N) is 1. The highest BCUT2D eigenvalue weighted by Crippen LogP contribution is 2.75. The Hall–Kier alpha value is -0.330. The summed E-state index contributed by atoms with van der Waals surface area (Å²) in [6, 6.07) is 0.748. The van der Waals surface area contributed by atoms with Gasteiger partial charge in [-0.25, -0.2) is 0 Å². The lowest BCUT2D eigenvalue weighted by atomic mass is 9.84. The van der Waals surface area contributed by atoms with Crippen molar-refractivity contribution >= 4 is 5.71 Å². The first-order valence-electron chi connectivity index (χ1n) is 4.80. The van der Waals surface area contributed by atoms with Crippen molar-refractivity contribution in [2.45, 2.75) is 45.6 Å². The maximum absolute atomic E-state index is 4.72. The topological polar surface area (TPSA) is 12.4 Å². The lowest BCUT2D eigenvalue weighted by Gasteiger charge is -2.18. The lowest BCUT2D eigenvalue weighted by molar-refractivity contribution is 0.316. The molecule has 0 saturated heterocycles. The van der Waals surface area contributed by atoms with Crippen molar-refractivity contribution in [3.63, 3.8) is 0 Å². The number of hydrogen-bond acceptors (Lipinski definition) is 1. The molecule has 2 saturated carbocycles. The van der Waals surface area contributed by atoms with Crippen molar-refractivity contribution in [3.05, 3.63) is 0 Å². The zero-order valence-electron chi connectivity index (χ0n) is 7.35. The van der Waals surface area contributed by atoms with E-state index < -0.39 is 0 Å². The first-order valence-corrected chi connectivity index (χ1v) is 4.80. The molecule has 3 unspecified atom stereocenters. The van der Waals surface area contributed by atoms with Crippen LogP contribution in [0.3, 0.4) is 0 Å².